The minimum atomic E-state index is -0.0386. The van der Waals surface area contributed by atoms with Crippen LogP contribution in [0.1, 0.15) is 45.2 Å². The zero-order valence-electron chi connectivity index (χ0n) is 11.7. The zero-order chi connectivity index (χ0) is 13.0. The molecule has 0 aromatic carbocycles. The van der Waals surface area contributed by atoms with Crippen molar-refractivity contribution in [3.05, 3.63) is 24.0 Å². The normalized spacial score (nSPS) is 24.9. The SMILES string of the molecule is COc1cccnc1C1(C(C)C)CCCCCN1. The highest BCUT2D eigenvalue weighted by Crippen LogP contribution is 2.39. The summed E-state index contributed by atoms with van der Waals surface area (Å²) in [6, 6.07) is 3.95. The van der Waals surface area contributed by atoms with E-state index in [4.69, 9.17) is 4.74 Å². The summed E-state index contributed by atoms with van der Waals surface area (Å²) >= 11 is 0. The summed E-state index contributed by atoms with van der Waals surface area (Å²) in [4.78, 5) is 4.62. The molecule has 0 radical (unpaired) electrons. The van der Waals surface area contributed by atoms with Gasteiger partial charge >= 0.3 is 0 Å². The first-order valence-electron chi connectivity index (χ1n) is 6.95. The van der Waals surface area contributed by atoms with Gasteiger partial charge in [-0.15, -0.1) is 0 Å². The van der Waals surface area contributed by atoms with Gasteiger partial charge < -0.3 is 10.1 Å². The number of methoxy groups -OCH3 is 1. The van der Waals surface area contributed by atoms with Crippen LogP contribution in [0, 0.1) is 5.92 Å². The smallest absolute Gasteiger partial charge is 0.142 e. The Kier molecular flexibility index (Phi) is 4.23. The van der Waals surface area contributed by atoms with Gasteiger partial charge in [0.05, 0.1) is 12.6 Å². The summed E-state index contributed by atoms with van der Waals surface area (Å²) < 4.78 is 5.51. The second-order valence-electron chi connectivity index (χ2n) is 5.42. The molecular weight excluding hydrogens is 224 g/mol. The molecule has 100 valence electrons. The Bertz CT molecular complexity index is 382. The van der Waals surface area contributed by atoms with Crippen molar-refractivity contribution < 1.29 is 4.74 Å². The third-order valence-electron chi connectivity index (χ3n) is 4.09. The maximum absolute atomic E-state index is 5.51. The lowest BCUT2D eigenvalue weighted by Crippen LogP contribution is -2.47. The quantitative estimate of drug-likeness (QED) is 0.892. The lowest BCUT2D eigenvalue weighted by atomic mass is 9.79. The molecule has 1 atom stereocenters. The lowest BCUT2D eigenvalue weighted by molar-refractivity contribution is 0.215. The van der Waals surface area contributed by atoms with Crippen molar-refractivity contribution in [3.8, 4) is 5.75 Å². The number of nitrogens with zero attached hydrogens (tertiary/aromatic N) is 1. The van der Waals surface area contributed by atoms with Gasteiger partial charge in [0.1, 0.15) is 11.4 Å². The van der Waals surface area contributed by atoms with Crippen LogP contribution in [0.15, 0.2) is 18.3 Å². The van der Waals surface area contributed by atoms with E-state index in [9.17, 15) is 0 Å². The molecule has 0 aliphatic carbocycles. The molecule has 1 saturated heterocycles. The van der Waals surface area contributed by atoms with E-state index in [0.717, 1.165) is 24.4 Å². The Morgan fingerprint density at radius 2 is 2.17 bits per heavy atom. The van der Waals surface area contributed by atoms with Crippen LogP contribution in [-0.4, -0.2) is 18.6 Å². The Balaban J connectivity index is 2.45. The van der Waals surface area contributed by atoms with Gasteiger partial charge in [-0.1, -0.05) is 26.7 Å². The highest BCUT2D eigenvalue weighted by atomic mass is 16.5. The number of pyridine rings is 1. The lowest BCUT2D eigenvalue weighted by Gasteiger charge is -2.38. The van der Waals surface area contributed by atoms with Crippen LogP contribution < -0.4 is 10.1 Å². The van der Waals surface area contributed by atoms with Crippen LogP contribution in [0.2, 0.25) is 0 Å². The largest absolute Gasteiger partial charge is 0.495 e. The van der Waals surface area contributed by atoms with Gasteiger partial charge in [-0.2, -0.15) is 0 Å². The first-order valence-corrected chi connectivity index (χ1v) is 6.95. The van der Waals surface area contributed by atoms with Crippen molar-refractivity contribution >= 4 is 0 Å². The maximum atomic E-state index is 5.51. The molecule has 3 heteroatoms. The molecule has 1 aliphatic heterocycles. The fraction of sp³-hybridized carbons (Fsp3) is 0.667. The second-order valence-corrected chi connectivity index (χ2v) is 5.42. The molecule has 18 heavy (non-hydrogen) atoms. The molecule has 1 unspecified atom stereocenters. The molecule has 0 spiro atoms. The van der Waals surface area contributed by atoms with Crippen LogP contribution in [0.3, 0.4) is 0 Å². The monoisotopic (exact) mass is 248 g/mol. The molecule has 2 rings (SSSR count). The molecule has 1 N–H and O–H groups in total. The van der Waals surface area contributed by atoms with E-state index in [1.54, 1.807) is 7.11 Å². The Labute approximate surface area is 110 Å². The van der Waals surface area contributed by atoms with Crippen LogP contribution in [0.25, 0.3) is 0 Å². The summed E-state index contributed by atoms with van der Waals surface area (Å²) in [5.41, 5.74) is 1.03. The van der Waals surface area contributed by atoms with Crippen LogP contribution in [0.4, 0.5) is 0 Å². The van der Waals surface area contributed by atoms with Crippen molar-refractivity contribution in [1.82, 2.24) is 10.3 Å². The van der Waals surface area contributed by atoms with Crippen molar-refractivity contribution in [3.63, 3.8) is 0 Å². The Morgan fingerprint density at radius 3 is 2.89 bits per heavy atom. The standard InChI is InChI=1S/C15H24N2O/c1-12(2)15(9-5-4-6-11-17-15)14-13(18-3)8-7-10-16-14/h7-8,10,12,17H,4-6,9,11H2,1-3H3. The molecule has 1 aromatic heterocycles. The second kappa shape index (κ2) is 5.70. The minimum Gasteiger partial charge on any atom is -0.495 e. The first kappa shape index (κ1) is 13.3. The molecule has 1 fully saturated rings. The van der Waals surface area contributed by atoms with Crippen LogP contribution in [-0.2, 0) is 5.54 Å². The third kappa shape index (κ3) is 2.37. The Hall–Kier alpha value is -1.09. The van der Waals surface area contributed by atoms with Gasteiger partial charge in [0.15, 0.2) is 0 Å². The van der Waals surface area contributed by atoms with Crippen molar-refractivity contribution in [2.75, 3.05) is 13.7 Å². The molecule has 3 nitrogen and oxygen atoms in total. The van der Waals surface area contributed by atoms with Gasteiger partial charge in [-0.25, -0.2) is 0 Å². The number of nitrogens with one attached hydrogen (secondary N) is 1. The summed E-state index contributed by atoms with van der Waals surface area (Å²) in [5, 5.41) is 3.74. The van der Waals surface area contributed by atoms with Crippen molar-refractivity contribution in [2.45, 2.75) is 45.1 Å². The van der Waals surface area contributed by atoms with Crippen LogP contribution in [0.5, 0.6) is 5.75 Å². The molecular formula is C15H24N2O. The van der Waals surface area contributed by atoms with E-state index in [2.05, 4.69) is 24.1 Å². The number of hydrogen-bond acceptors (Lipinski definition) is 3. The number of rotatable bonds is 3. The molecule has 0 saturated carbocycles. The highest BCUT2D eigenvalue weighted by Gasteiger charge is 2.39. The molecule has 0 bridgehead atoms. The minimum absolute atomic E-state index is 0.0386. The predicted octanol–water partition coefficient (Wildman–Crippen LogP) is 3.11. The fourth-order valence-electron chi connectivity index (χ4n) is 2.96. The summed E-state index contributed by atoms with van der Waals surface area (Å²) in [6.45, 7) is 5.61. The average Bonchev–Trinajstić information content (AvgIpc) is 2.65. The zero-order valence-corrected chi connectivity index (χ0v) is 11.7. The van der Waals surface area contributed by atoms with Gasteiger partial charge in [0, 0.05) is 6.20 Å². The Morgan fingerprint density at radius 1 is 1.33 bits per heavy atom. The third-order valence-corrected chi connectivity index (χ3v) is 4.09. The van der Waals surface area contributed by atoms with Gasteiger partial charge in [0.25, 0.3) is 0 Å². The average molecular weight is 248 g/mol. The number of ether oxygens (including phenoxy) is 1. The topological polar surface area (TPSA) is 34.1 Å². The van der Waals surface area contributed by atoms with Crippen molar-refractivity contribution in [1.29, 1.82) is 0 Å². The van der Waals surface area contributed by atoms with Gasteiger partial charge in [0.2, 0.25) is 0 Å². The predicted molar refractivity (Wildman–Crippen MR) is 73.8 cm³/mol. The van der Waals surface area contributed by atoms with Gasteiger partial charge in [-0.05, 0) is 37.4 Å². The fourth-order valence-corrected chi connectivity index (χ4v) is 2.96. The van der Waals surface area contributed by atoms with E-state index in [1.807, 2.05) is 18.3 Å². The molecule has 1 aliphatic rings. The van der Waals surface area contributed by atoms with E-state index in [-0.39, 0.29) is 5.54 Å². The van der Waals surface area contributed by atoms with E-state index in [0.29, 0.717) is 5.92 Å². The molecule has 2 heterocycles. The number of hydrogen-bond donors (Lipinski definition) is 1. The maximum Gasteiger partial charge on any atom is 0.142 e. The van der Waals surface area contributed by atoms with Gasteiger partial charge in [-0.3, -0.25) is 4.98 Å². The van der Waals surface area contributed by atoms with E-state index in [1.165, 1.54) is 19.3 Å². The molecule has 0 amide bonds. The summed E-state index contributed by atoms with van der Waals surface area (Å²) in [5.74, 6) is 1.40. The summed E-state index contributed by atoms with van der Waals surface area (Å²) in [7, 11) is 1.73. The van der Waals surface area contributed by atoms with Crippen molar-refractivity contribution in [2.24, 2.45) is 5.92 Å². The highest BCUT2D eigenvalue weighted by molar-refractivity contribution is 5.34. The molecule has 1 aromatic rings. The first-order chi connectivity index (χ1) is 8.70. The van der Waals surface area contributed by atoms with E-state index >= 15 is 0 Å². The number of aromatic nitrogens is 1. The summed E-state index contributed by atoms with van der Waals surface area (Å²) in [6.07, 6.45) is 6.82. The van der Waals surface area contributed by atoms with E-state index < -0.39 is 0 Å². The van der Waals surface area contributed by atoms with Crippen LogP contribution >= 0.6 is 0 Å².